The van der Waals surface area contributed by atoms with E-state index in [1.54, 1.807) is 0 Å². The summed E-state index contributed by atoms with van der Waals surface area (Å²) in [4.78, 5) is 0. The Morgan fingerprint density at radius 3 is 2.21 bits per heavy atom. The Morgan fingerprint density at radius 2 is 1.58 bits per heavy atom. The number of methoxy groups -OCH3 is 2. The van der Waals surface area contributed by atoms with Crippen molar-refractivity contribution >= 4 is 0 Å². The number of hydrogen-bond donors (Lipinski definition) is 0. The van der Waals surface area contributed by atoms with Gasteiger partial charge < -0.3 is 9.47 Å². The summed E-state index contributed by atoms with van der Waals surface area (Å²) in [6.07, 6.45) is 13.0. The Kier molecular flexibility index (Phi) is 7.20. The van der Waals surface area contributed by atoms with Crippen molar-refractivity contribution in [2.75, 3.05) is 14.2 Å². The first-order valence-corrected chi connectivity index (χ1v) is 10.4. The van der Waals surface area contributed by atoms with Crippen LogP contribution in [0.4, 0.5) is 0 Å². The number of hydrogen-bond acceptors (Lipinski definition) is 2. The summed E-state index contributed by atoms with van der Waals surface area (Å²) in [6.45, 7) is 9.54. The molecule has 0 heterocycles. The van der Waals surface area contributed by atoms with Crippen LogP contribution in [0.3, 0.4) is 0 Å². The van der Waals surface area contributed by atoms with Crippen LogP contribution in [0.5, 0.6) is 0 Å². The molecular formula is C22H42O2. The Morgan fingerprint density at radius 1 is 0.917 bits per heavy atom. The van der Waals surface area contributed by atoms with Gasteiger partial charge in [0.15, 0.2) is 0 Å². The molecule has 0 aromatic rings. The van der Waals surface area contributed by atoms with Crippen molar-refractivity contribution in [3.8, 4) is 0 Å². The standard InChI is InChI=1S/C22H42O2/c1-17(2)19-9-8-13-22(16-19,24-6)14-11-18(3)20-10-7-12-21(4,15-20)23-5/h17-20H,7-16H2,1-6H3/t18?,19?,20-,21-,22?/m1/s1. The van der Waals surface area contributed by atoms with Crippen molar-refractivity contribution in [2.24, 2.45) is 23.7 Å². The Labute approximate surface area is 151 Å². The van der Waals surface area contributed by atoms with Crippen molar-refractivity contribution in [2.45, 2.75) is 103 Å². The molecule has 0 amide bonds. The molecule has 24 heavy (non-hydrogen) atoms. The SMILES string of the molecule is COC1(CCC(C)[C@@H]2CCC[C@@](C)(OC)C2)CCCC(C(C)C)C1. The molecule has 0 radical (unpaired) electrons. The molecule has 2 rings (SSSR count). The Balaban J connectivity index is 1.90. The Bertz CT molecular complexity index is 380. The highest BCUT2D eigenvalue weighted by atomic mass is 16.5. The summed E-state index contributed by atoms with van der Waals surface area (Å²) in [5.41, 5.74) is 0.268. The predicted molar refractivity (Wildman–Crippen MR) is 102 cm³/mol. The lowest BCUT2D eigenvalue weighted by molar-refractivity contribution is -0.0753. The van der Waals surface area contributed by atoms with Crippen LogP contribution in [0.1, 0.15) is 91.9 Å². The van der Waals surface area contributed by atoms with E-state index < -0.39 is 0 Å². The highest BCUT2D eigenvalue weighted by molar-refractivity contribution is 4.91. The highest BCUT2D eigenvalue weighted by Gasteiger charge is 2.39. The second-order valence-corrected chi connectivity index (χ2v) is 9.51. The molecule has 2 aliphatic carbocycles. The van der Waals surface area contributed by atoms with E-state index >= 15 is 0 Å². The molecule has 2 saturated carbocycles. The zero-order valence-corrected chi connectivity index (χ0v) is 17.2. The fourth-order valence-corrected chi connectivity index (χ4v) is 5.35. The van der Waals surface area contributed by atoms with Gasteiger partial charge >= 0.3 is 0 Å². The van der Waals surface area contributed by atoms with Gasteiger partial charge in [0.2, 0.25) is 0 Å². The van der Waals surface area contributed by atoms with Gasteiger partial charge in [-0.1, -0.05) is 33.6 Å². The number of rotatable bonds is 7. The minimum atomic E-state index is 0.115. The summed E-state index contributed by atoms with van der Waals surface area (Å²) < 4.78 is 11.9. The minimum Gasteiger partial charge on any atom is -0.379 e. The van der Waals surface area contributed by atoms with Crippen LogP contribution in [0.25, 0.3) is 0 Å². The molecule has 5 atom stereocenters. The van der Waals surface area contributed by atoms with Gasteiger partial charge in [0.05, 0.1) is 11.2 Å². The lowest BCUT2D eigenvalue weighted by Gasteiger charge is -2.43. The third kappa shape index (κ3) is 4.97. The van der Waals surface area contributed by atoms with Gasteiger partial charge in [0.1, 0.15) is 0 Å². The third-order valence-electron chi connectivity index (χ3n) is 7.54. The second kappa shape index (κ2) is 8.54. The van der Waals surface area contributed by atoms with E-state index in [-0.39, 0.29) is 11.2 Å². The third-order valence-corrected chi connectivity index (χ3v) is 7.54. The van der Waals surface area contributed by atoms with Crippen molar-refractivity contribution in [3.63, 3.8) is 0 Å². The van der Waals surface area contributed by atoms with Crippen LogP contribution in [-0.2, 0) is 9.47 Å². The maximum atomic E-state index is 6.13. The smallest absolute Gasteiger partial charge is 0.0681 e. The van der Waals surface area contributed by atoms with Crippen LogP contribution >= 0.6 is 0 Å². The normalized spacial score (nSPS) is 39.1. The maximum absolute atomic E-state index is 6.13. The van der Waals surface area contributed by atoms with Crippen LogP contribution < -0.4 is 0 Å². The molecule has 2 nitrogen and oxygen atoms in total. The fraction of sp³-hybridized carbons (Fsp3) is 1.00. The summed E-state index contributed by atoms with van der Waals surface area (Å²) in [6, 6.07) is 0. The van der Waals surface area contributed by atoms with Gasteiger partial charge in [-0.2, -0.15) is 0 Å². The molecule has 0 spiro atoms. The highest BCUT2D eigenvalue weighted by Crippen LogP contribution is 2.44. The van der Waals surface area contributed by atoms with Gasteiger partial charge in [-0.3, -0.25) is 0 Å². The number of ether oxygens (including phenoxy) is 2. The van der Waals surface area contributed by atoms with E-state index in [0.29, 0.717) is 0 Å². The first kappa shape index (κ1) is 20.2. The maximum Gasteiger partial charge on any atom is 0.0681 e. The fourth-order valence-electron chi connectivity index (χ4n) is 5.35. The zero-order chi connectivity index (χ0) is 17.8. The van der Waals surface area contributed by atoms with Gasteiger partial charge in [0, 0.05) is 14.2 Å². The molecule has 3 unspecified atom stereocenters. The minimum absolute atomic E-state index is 0.115. The van der Waals surface area contributed by atoms with Gasteiger partial charge in [-0.15, -0.1) is 0 Å². The summed E-state index contributed by atoms with van der Waals surface area (Å²) in [5, 5.41) is 0. The molecule has 0 bridgehead atoms. The summed E-state index contributed by atoms with van der Waals surface area (Å²) >= 11 is 0. The average Bonchev–Trinajstić information content (AvgIpc) is 2.60. The zero-order valence-electron chi connectivity index (χ0n) is 17.2. The quantitative estimate of drug-likeness (QED) is 0.548. The van der Waals surface area contributed by atoms with E-state index in [1.165, 1.54) is 64.2 Å². The molecular weight excluding hydrogens is 296 g/mol. The largest absolute Gasteiger partial charge is 0.379 e. The average molecular weight is 339 g/mol. The van der Waals surface area contributed by atoms with E-state index in [4.69, 9.17) is 9.47 Å². The molecule has 0 N–H and O–H groups in total. The Hall–Kier alpha value is -0.0800. The van der Waals surface area contributed by atoms with Gasteiger partial charge in [-0.25, -0.2) is 0 Å². The first-order valence-electron chi connectivity index (χ1n) is 10.4. The van der Waals surface area contributed by atoms with Gasteiger partial charge in [-0.05, 0) is 82.0 Å². The molecule has 2 heteroatoms. The van der Waals surface area contributed by atoms with Gasteiger partial charge in [0.25, 0.3) is 0 Å². The first-order chi connectivity index (χ1) is 11.3. The van der Waals surface area contributed by atoms with E-state index in [2.05, 4.69) is 27.7 Å². The topological polar surface area (TPSA) is 18.5 Å². The molecule has 0 aromatic carbocycles. The van der Waals surface area contributed by atoms with Crippen molar-refractivity contribution in [3.05, 3.63) is 0 Å². The van der Waals surface area contributed by atoms with E-state index in [1.807, 2.05) is 14.2 Å². The summed E-state index contributed by atoms with van der Waals surface area (Å²) in [5.74, 6) is 3.24. The van der Waals surface area contributed by atoms with E-state index in [0.717, 1.165) is 23.7 Å². The van der Waals surface area contributed by atoms with Crippen molar-refractivity contribution < 1.29 is 9.47 Å². The van der Waals surface area contributed by atoms with Crippen LogP contribution in [0, 0.1) is 23.7 Å². The van der Waals surface area contributed by atoms with Crippen molar-refractivity contribution in [1.29, 1.82) is 0 Å². The van der Waals surface area contributed by atoms with Crippen molar-refractivity contribution in [1.82, 2.24) is 0 Å². The lowest BCUT2D eigenvalue weighted by atomic mass is 9.69. The van der Waals surface area contributed by atoms with Crippen LogP contribution in [0.15, 0.2) is 0 Å². The molecule has 0 aromatic heterocycles. The van der Waals surface area contributed by atoms with Crippen LogP contribution in [-0.4, -0.2) is 25.4 Å². The second-order valence-electron chi connectivity index (χ2n) is 9.51. The predicted octanol–water partition coefficient (Wildman–Crippen LogP) is 6.23. The molecule has 0 saturated heterocycles. The molecule has 2 aliphatic rings. The monoisotopic (exact) mass is 338 g/mol. The molecule has 2 fully saturated rings. The summed E-state index contributed by atoms with van der Waals surface area (Å²) in [7, 11) is 3.84. The van der Waals surface area contributed by atoms with E-state index in [9.17, 15) is 0 Å². The molecule has 142 valence electrons. The van der Waals surface area contributed by atoms with Crippen LogP contribution in [0.2, 0.25) is 0 Å². The molecule has 0 aliphatic heterocycles. The lowest BCUT2D eigenvalue weighted by Crippen LogP contribution is -2.40.